The maximum atomic E-state index is 5.73. The molecule has 0 aromatic rings. The van der Waals surface area contributed by atoms with Crippen LogP contribution in [0.1, 0.15) is 46.5 Å². The molecule has 1 aliphatic carbocycles. The van der Waals surface area contributed by atoms with Crippen molar-refractivity contribution in [2.75, 3.05) is 27.2 Å². The summed E-state index contributed by atoms with van der Waals surface area (Å²) in [5.41, 5.74) is 0. The van der Waals surface area contributed by atoms with Crippen LogP contribution in [0.5, 0.6) is 0 Å². The van der Waals surface area contributed by atoms with Gasteiger partial charge in [-0.25, -0.2) is 0 Å². The summed E-state index contributed by atoms with van der Waals surface area (Å²) in [5, 5.41) is 3.56. The molecule has 2 rings (SSSR count). The summed E-state index contributed by atoms with van der Waals surface area (Å²) in [6.07, 6.45) is 5.72. The zero-order valence-corrected chi connectivity index (χ0v) is 14.1. The Morgan fingerprint density at radius 3 is 2.55 bits per heavy atom. The molecule has 0 spiro atoms. The predicted molar refractivity (Wildman–Crippen MR) is 85.0 cm³/mol. The fraction of sp³-hybridized carbons (Fsp3) is 1.00. The monoisotopic (exact) mass is 282 g/mol. The highest BCUT2D eigenvalue weighted by atomic mass is 16.5. The predicted octanol–water partition coefficient (Wildman–Crippen LogP) is 2.76. The Morgan fingerprint density at radius 1 is 1.25 bits per heavy atom. The largest absolute Gasteiger partial charge is 0.377 e. The summed E-state index contributed by atoms with van der Waals surface area (Å²) in [6.45, 7) is 9.15. The number of nitrogens with zero attached hydrogens (tertiary/aromatic N) is 1. The molecule has 20 heavy (non-hydrogen) atoms. The molecule has 1 heterocycles. The van der Waals surface area contributed by atoms with E-state index in [9.17, 15) is 0 Å². The van der Waals surface area contributed by atoms with Gasteiger partial charge in [0.2, 0.25) is 0 Å². The summed E-state index contributed by atoms with van der Waals surface area (Å²) in [4.78, 5) is 2.56. The Labute approximate surface area is 125 Å². The molecule has 0 bridgehead atoms. The molecule has 0 amide bonds. The van der Waals surface area contributed by atoms with Crippen molar-refractivity contribution in [3.05, 3.63) is 0 Å². The number of nitrogens with one attached hydrogen (secondary N) is 1. The molecule has 1 aliphatic heterocycles. The highest BCUT2D eigenvalue weighted by Gasteiger charge is 2.34. The Morgan fingerprint density at radius 2 is 2.00 bits per heavy atom. The second kappa shape index (κ2) is 7.24. The molecular weight excluding hydrogens is 248 g/mol. The molecule has 5 atom stereocenters. The molecule has 0 aromatic carbocycles. The van der Waals surface area contributed by atoms with Gasteiger partial charge < -0.3 is 15.0 Å². The van der Waals surface area contributed by atoms with Gasteiger partial charge in [0.15, 0.2) is 0 Å². The highest BCUT2D eigenvalue weighted by molar-refractivity contribution is 4.89. The smallest absolute Gasteiger partial charge is 0.0702 e. The molecular formula is C17H34N2O. The molecule has 3 nitrogen and oxygen atoms in total. The van der Waals surface area contributed by atoms with Crippen LogP contribution in [0.3, 0.4) is 0 Å². The molecule has 0 radical (unpaired) electrons. The van der Waals surface area contributed by atoms with Gasteiger partial charge in [0.05, 0.1) is 6.10 Å². The van der Waals surface area contributed by atoms with Crippen LogP contribution in [0.4, 0.5) is 0 Å². The van der Waals surface area contributed by atoms with Crippen molar-refractivity contribution in [1.29, 1.82) is 0 Å². The van der Waals surface area contributed by atoms with E-state index in [1.165, 1.54) is 32.2 Å². The molecule has 1 saturated heterocycles. The van der Waals surface area contributed by atoms with E-state index in [1.54, 1.807) is 0 Å². The van der Waals surface area contributed by atoms with E-state index in [2.05, 4.69) is 45.1 Å². The second-order valence-electron chi connectivity index (χ2n) is 7.34. The molecule has 0 aromatic heterocycles. The van der Waals surface area contributed by atoms with Gasteiger partial charge in [-0.05, 0) is 64.5 Å². The van der Waals surface area contributed by atoms with Crippen LogP contribution in [0.15, 0.2) is 0 Å². The lowest BCUT2D eigenvalue weighted by Gasteiger charge is -2.41. The summed E-state index contributed by atoms with van der Waals surface area (Å²) >= 11 is 0. The average Bonchev–Trinajstić information content (AvgIpc) is 2.84. The van der Waals surface area contributed by atoms with Crippen LogP contribution < -0.4 is 5.32 Å². The van der Waals surface area contributed by atoms with Crippen molar-refractivity contribution in [3.8, 4) is 0 Å². The third-order valence-electron chi connectivity index (χ3n) is 5.76. The van der Waals surface area contributed by atoms with Crippen LogP contribution in [0.2, 0.25) is 0 Å². The van der Waals surface area contributed by atoms with Crippen LogP contribution >= 0.6 is 0 Å². The van der Waals surface area contributed by atoms with Crippen molar-refractivity contribution in [1.82, 2.24) is 10.2 Å². The highest BCUT2D eigenvalue weighted by Crippen LogP contribution is 2.35. The maximum Gasteiger partial charge on any atom is 0.0702 e. The van der Waals surface area contributed by atoms with E-state index in [0.717, 1.165) is 24.4 Å². The molecule has 3 heteroatoms. The zero-order chi connectivity index (χ0) is 14.7. The first-order valence-corrected chi connectivity index (χ1v) is 8.52. The fourth-order valence-electron chi connectivity index (χ4n) is 4.29. The molecule has 1 saturated carbocycles. The summed E-state index contributed by atoms with van der Waals surface area (Å²) in [5.74, 6) is 2.53. The molecule has 118 valence electrons. The Hall–Kier alpha value is -0.120. The SMILES string of the molecule is CNC1CCC(C(C)C)CC1CN(C)C1CCOC1C. The van der Waals surface area contributed by atoms with Crippen molar-refractivity contribution in [3.63, 3.8) is 0 Å². The van der Waals surface area contributed by atoms with Crippen molar-refractivity contribution in [2.24, 2.45) is 17.8 Å². The van der Waals surface area contributed by atoms with Gasteiger partial charge in [0.25, 0.3) is 0 Å². The summed E-state index contributed by atoms with van der Waals surface area (Å²) in [7, 11) is 4.43. The Balaban J connectivity index is 1.93. The first-order valence-electron chi connectivity index (χ1n) is 8.52. The molecule has 1 N–H and O–H groups in total. The number of rotatable bonds is 5. The van der Waals surface area contributed by atoms with E-state index in [0.29, 0.717) is 18.2 Å². The van der Waals surface area contributed by atoms with Gasteiger partial charge in [-0.1, -0.05) is 13.8 Å². The number of hydrogen-bond acceptors (Lipinski definition) is 3. The lowest BCUT2D eigenvalue weighted by atomic mass is 9.73. The van der Waals surface area contributed by atoms with Crippen LogP contribution in [0.25, 0.3) is 0 Å². The van der Waals surface area contributed by atoms with Crippen LogP contribution in [0, 0.1) is 17.8 Å². The summed E-state index contributed by atoms with van der Waals surface area (Å²) in [6, 6.07) is 1.32. The van der Waals surface area contributed by atoms with Crippen molar-refractivity contribution in [2.45, 2.75) is 64.6 Å². The second-order valence-corrected chi connectivity index (χ2v) is 7.34. The quantitative estimate of drug-likeness (QED) is 0.839. The minimum atomic E-state index is 0.400. The minimum Gasteiger partial charge on any atom is -0.377 e. The van der Waals surface area contributed by atoms with E-state index in [-0.39, 0.29) is 0 Å². The number of hydrogen-bond donors (Lipinski definition) is 1. The first kappa shape index (κ1) is 16.3. The van der Waals surface area contributed by atoms with E-state index >= 15 is 0 Å². The zero-order valence-electron chi connectivity index (χ0n) is 14.1. The lowest BCUT2D eigenvalue weighted by Crippen LogP contribution is -2.47. The van der Waals surface area contributed by atoms with Crippen molar-refractivity contribution < 1.29 is 4.74 Å². The average molecular weight is 282 g/mol. The Bertz CT molecular complexity index is 295. The third kappa shape index (κ3) is 3.75. The van der Waals surface area contributed by atoms with E-state index < -0.39 is 0 Å². The first-order chi connectivity index (χ1) is 9.52. The molecule has 2 fully saturated rings. The van der Waals surface area contributed by atoms with Gasteiger partial charge >= 0.3 is 0 Å². The van der Waals surface area contributed by atoms with Crippen molar-refractivity contribution >= 4 is 0 Å². The van der Waals surface area contributed by atoms with Crippen LogP contribution in [-0.2, 0) is 4.74 Å². The van der Waals surface area contributed by atoms with Crippen LogP contribution in [-0.4, -0.2) is 50.3 Å². The number of ether oxygens (including phenoxy) is 1. The lowest BCUT2D eigenvalue weighted by molar-refractivity contribution is 0.0645. The van der Waals surface area contributed by atoms with Gasteiger partial charge in [-0.3, -0.25) is 0 Å². The minimum absolute atomic E-state index is 0.400. The molecule has 5 unspecified atom stereocenters. The Kier molecular flexibility index (Phi) is 5.88. The normalized spacial score (nSPS) is 38.9. The molecule has 2 aliphatic rings. The summed E-state index contributed by atoms with van der Waals surface area (Å²) < 4.78 is 5.73. The fourth-order valence-corrected chi connectivity index (χ4v) is 4.29. The number of likely N-dealkylation sites (N-methyl/N-ethyl adjacent to an activating group) is 1. The maximum absolute atomic E-state index is 5.73. The van der Waals surface area contributed by atoms with Gasteiger partial charge in [-0.15, -0.1) is 0 Å². The topological polar surface area (TPSA) is 24.5 Å². The standard InChI is InChI=1S/C17H34N2O/c1-12(2)14-6-7-16(18-4)15(10-14)11-19(5)17-8-9-20-13(17)3/h12-18H,6-11H2,1-5H3. The van der Waals surface area contributed by atoms with E-state index in [4.69, 9.17) is 4.74 Å². The van der Waals surface area contributed by atoms with Gasteiger partial charge in [0.1, 0.15) is 0 Å². The van der Waals surface area contributed by atoms with Gasteiger partial charge in [-0.2, -0.15) is 0 Å². The van der Waals surface area contributed by atoms with Gasteiger partial charge in [0, 0.05) is 25.2 Å². The third-order valence-corrected chi connectivity index (χ3v) is 5.76. The van der Waals surface area contributed by atoms with E-state index in [1.807, 2.05) is 0 Å².